The molecule has 8 nitrogen and oxygen atoms in total. The van der Waals surface area contributed by atoms with Gasteiger partial charge in [0.2, 0.25) is 11.8 Å². The average Bonchev–Trinajstić information content (AvgIpc) is 2.76. The number of amides is 2. The monoisotopic (exact) mass is 426 g/mol. The van der Waals surface area contributed by atoms with Crippen molar-refractivity contribution >= 4 is 23.2 Å². The molecule has 31 heavy (non-hydrogen) atoms. The maximum Gasteiger partial charge on any atom is 0.238 e. The number of benzene rings is 2. The first kappa shape index (κ1) is 22.6. The van der Waals surface area contributed by atoms with Crippen LogP contribution in [0, 0.1) is 0 Å². The Morgan fingerprint density at radius 1 is 1.03 bits per heavy atom. The smallest absolute Gasteiger partial charge is 0.238 e. The summed E-state index contributed by atoms with van der Waals surface area (Å²) in [5.74, 6) is 1.09. The minimum Gasteiger partial charge on any atom is -0.497 e. The lowest BCUT2D eigenvalue weighted by Gasteiger charge is -2.39. The summed E-state index contributed by atoms with van der Waals surface area (Å²) < 4.78 is 10.8. The van der Waals surface area contributed by atoms with E-state index in [2.05, 4.69) is 33.5 Å². The Hall–Kier alpha value is -3.10. The van der Waals surface area contributed by atoms with Gasteiger partial charge in [0.15, 0.2) is 0 Å². The Bertz CT molecular complexity index is 934. The maximum atomic E-state index is 12.8. The molecular weight excluding hydrogens is 396 g/mol. The molecule has 0 bridgehead atoms. The van der Waals surface area contributed by atoms with Crippen LogP contribution in [0.4, 0.5) is 11.4 Å². The topological polar surface area (TPSA) is 83.1 Å². The Balaban J connectivity index is 1.70. The highest BCUT2D eigenvalue weighted by Crippen LogP contribution is 2.31. The van der Waals surface area contributed by atoms with Gasteiger partial charge in [-0.2, -0.15) is 0 Å². The number of anilines is 2. The molecule has 0 radical (unpaired) electrons. The fourth-order valence-corrected chi connectivity index (χ4v) is 3.80. The molecule has 1 fully saturated rings. The summed E-state index contributed by atoms with van der Waals surface area (Å²) in [6.45, 7) is 4.01. The second-order valence-corrected chi connectivity index (χ2v) is 7.61. The normalized spacial score (nSPS) is 17.1. The Labute approximate surface area is 183 Å². The van der Waals surface area contributed by atoms with Crippen LogP contribution in [0.2, 0.25) is 0 Å². The van der Waals surface area contributed by atoms with E-state index >= 15 is 0 Å². The highest BCUT2D eigenvalue weighted by molar-refractivity contribution is 5.99. The number of para-hydroxylation sites is 1. The van der Waals surface area contributed by atoms with Crippen molar-refractivity contribution in [1.82, 2.24) is 9.80 Å². The molecule has 1 aliphatic rings. The number of carbonyl (C=O) groups excluding carboxylic acids is 2. The van der Waals surface area contributed by atoms with Gasteiger partial charge >= 0.3 is 0 Å². The summed E-state index contributed by atoms with van der Waals surface area (Å²) in [5.41, 5.74) is 2.15. The first-order valence-electron chi connectivity index (χ1n) is 10.2. The Morgan fingerprint density at radius 2 is 1.81 bits per heavy atom. The van der Waals surface area contributed by atoms with E-state index in [1.165, 1.54) is 6.92 Å². The number of likely N-dealkylation sites (N-methyl/N-ethyl adjacent to an activating group) is 1. The molecule has 2 aromatic rings. The van der Waals surface area contributed by atoms with Gasteiger partial charge in [-0.15, -0.1) is 0 Å². The molecule has 0 aromatic heterocycles. The molecule has 1 heterocycles. The summed E-state index contributed by atoms with van der Waals surface area (Å²) in [6, 6.07) is 13.3. The third kappa shape index (κ3) is 5.74. The number of nitrogens with one attached hydrogen (secondary N) is 2. The summed E-state index contributed by atoms with van der Waals surface area (Å²) in [7, 11) is 5.32. The molecule has 2 aromatic carbocycles. The van der Waals surface area contributed by atoms with Crippen LogP contribution in [0.15, 0.2) is 42.5 Å². The molecule has 3 rings (SSSR count). The summed E-state index contributed by atoms with van der Waals surface area (Å²) in [6.07, 6.45) is 0. The highest BCUT2D eigenvalue weighted by Gasteiger charge is 2.28. The van der Waals surface area contributed by atoms with Crippen LogP contribution in [0.25, 0.3) is 0 Å². The SMILES string of the molecule is COc1ccc(NC(C)=O)c(NC(=O)CN2CCN(C)[C@H](c3ccccc3OC)C2)c1. The number of rotatable bonds is 7. The predicted octanol–water partition coefficient (Wildman–Crippen LogP) is 2.59. The molecule has 0 aliphatic carbocycles. The van der Waals surface area contributed by atoms with Gasteiger partial charge in [-0.25, -0.2) is 0 Å². The van der Waals surface area contributed by atoms with E-state index in [0.29, 0.717) is 23.7 Å². The van der Waals surface area contributed by atoms with Crippen LogP contribution in [0.1, 0.15) is 18.5 Å². The largest absolute Gasteiger partial charge is 0.497 e. The van der Waals surface area contributed by atoms with Crippen LogP contribution in [0.5, 0.6) is 11.5 Å². The zero-order chi connectivity index (χ0) is 22.4. The van der Waals surface area contributed by atoms with Crippen LogP contribution in [-0.4, -0.2) is 69.1 Å². The fraction of sp³-hybridized carbons (Fsp3) is 0.391. The lowest BCUT2D eigenvalue weighted by molar-refractivity contribution is -0.118. The molecule has 1 saturated heterocycles. The first-order chi connectivity index (χ1) is 14.9. The minimum atomic E-state index is -0.209. The van der Waals surface area contributed by atoms with Gasteiger partial charge in [0.25, 0.3) is 0 Å². The summed E-state index contributed by atoms with van der Waals surface area (Å²) in [5, 5.41) is 5.65. The van der Waals surface area contributed by atoms with E-state index in [0.717, 1.165) is 24.4 Å². The number of ether oxygens (including phenoxy) is 2. The van der Waals surface area contributed by atoms with E-state index in [9.17, 15) is 9.59 Å². The molecule has 1 atom stereocenters. The number of hydrogen-bond acceptors (Lipinski definition) is 6. The van der Waals surface area contributed by atoms with Gasteiger partial charge in [-0.3, -0.25) is 19.4 Å². The third-order valence-corrected chi connectivity index (χ3v) is 5.41. The average molecular weight is 427 g/mol. The van der Waals surface area contributed by atoms with Gasteiger partial charge in [0.05, 0.1) is 38.2 Å². The van der Waals surface area contributed by atoms with Crippen LogP contribution in [0.3, 0.4) is 0 Å². The molecule has 0 spiro atoms. The van der Waals surface area contributed by atoms with E-state index in [1.54, 1.807) is 32.4 Å². The van der Waals surface area contributed by atoms with Crippen molar-refractivity contribution in [3.05, 3.63) is 48.0 Å². The van der Waals surface area contributed by atoms with Crippen LogP contribution in [-0.2, 0) is 9.59 Å². The molecule has 1 aliphatic heterocycles. The molecule has 8 heteroatoms. The number of methoxy groups -OCH3 is 2. The summed E-state index contributed by atoms with van der Waals surface area (Å²) in [4.78, 5) is 28.7. The van der Waals surface area contributed by atoms with E-state index in [1.807, 2.05) is 18.2 Å². The van der Waals surface area contributed by atoms with Gasteiger partial charge in [-0.05, 0) is 25.2 Å². The molecule has 0 unspecified atom stereocenters. The summed E-state index contributed by atoms with van der Waals surface area (Å²) >= 11 is 0. The second-order valence-electron chi connectivity index (χ2n) is 7.61. The molecule has 2 N–H and O–H groups in total. The van der Waals surface area contributed by atoms with Crippen molar-refractivity contribution in [3.63, 3.8) is 0 Å². The second kappa shape index (κ2) is 10.3. The lowest BCUT2D eigenvalue weighted by atomic mass is 10.0. The Kier molecular flexibility index (Phi) is 7.49. The number of hydrogen-bond donors (Lipinski definition) is 2. The molecule has 0 saturated carbocycles. The first-order valence-corrected chi connectivity index (χ1v) is 10.2. The van der Waals surface area contributed by atoms with Gasteiger partial charge in [0.1, 0.15) is 11.5 Å². The molecular formula is C23H30N4O4. The van der Waals surface area contributed by atoms with E-state index < -0.39 is 0 Å². The molecule has 2 amide bonds. The van der Waals surface area contributed by atoms with Crippen molar-refractivity contribution < 1.29 is 19.1 Å². The Morgan fingerprint density at radius 3 is 2.52 bits per heavy atom. The van der Waals surface area contributed by atoms with Crippen molar-refractivity contribution in [2.45, 2.75) is 13.0 Å². The lowest BCUT2D eigenvalue weighted by Crippen LogP contribution is -2.49. The quantitative estimate of drug-likeness (QED) is 0.708. The zero-order valence-electron chi connectivity index (χ0n) is 18.5. The minimum absolute atomic E-state index is 0.129. The zero-order valence-corrected chi connectivity index (χ0v) is 18.5. The number of piperazine rings is 1. The van der Waals surface area contributed by atoms with Gasteiger partial charge in [0, 0.05) is 38.2 Å². The van der Waals surface area contributed by atoms with Gasteiger partial charge in [-0.1, -0.05) is 18.2 Å². The van der Waals surface area contributed by atoms with Crippen molar-refractivity contribution in [3.8, 4) is 11.5 Å². The third-order valence-electron chi connectivity index (χ3n) is 5.41. The van der Waals surface area contributed by atoms with Crippen molar-refractivity contribution in [2.24, 2.45) is 0 Å². The van der Waals surface area contributed by atoms with Gasteiger partial charge < -0.3 is 20.1 Å². The fourth-order valence-electron chi connectivity index (χ4n) is 3.80. The highest BCUT2D eigenvalue weighted by atomic mass is 16.5. The number of nitrogens with zero attached hydrogens (tertiary/aromatic N) is 2. The van der Waals surface area contributed by atoms with Crippen molar-refractivity contribution in [2.75, 3.05) is 58.1 Å². The maximum absolute atomic E-state index is 12.8. The van der Waals surface area contributed by atoms with Crippen molar-refractivity contribution in [1.29, 1.82) is 0 Å². The molecule has 166 valence electrons. The van der Waals surface area contributed by atoms with Crippen LogP contribution < -0.4 is 20.1 Å². The standard InChI is InChI=1S/C23H30N4O4/c1-16(28)24-19-10-9-17(30-3)13-20(19)25-23(29)15-27-12-11-26(2)21(14-27)18-7-5-6-8-22(18)31-4/h5-10,13,21H,11-12,14-15H2,1-4H3,(H,24,28)(H,25,29)/t21-/m0/s1. The predicted molar refractivity (Wildman–Crippen MR) is 121 cm³/mol. The van der Waals surface area contributed by atoms with E-state index in [4.69, 9.17) is 9.47 Å². The van der Waals surface area contributed by atoms with E-state index in [-0.39, 0.29) is 24.4 Å². The van der Waals surface area contributed by atoms with Crippen LogP contribution >= 0.6 is 0 Å². The number of carbonyl (C=O) groups is 2.